The van der Waals surface area contributed by atoms with Crippen LogP contribution in [0.4, 0.5) is 0 Å². The standard InChI is InChI=1S/C13H19BrN2OS/c1-2-7-18-8-10-15-12(9-5-3-4-6-9)11(14)13(17)16-10/h9H,2-8H2,1H3,(H,15,16,17). The van der Waals surface area contributed by atoms with Crippen LogP contribution in [0.2, 0.25) is 0 Å². The summed E-state index contributed by atoms with van der Waals surface area (Å²) in [4.78, 5) is 19.4. The van der Waals surface area contributed by atoms with Crippen molar-refractivity contribution in [3.05, 3.63) is 26.3 Å². The van der Waals surface area contributed by atoms with Gasteiger partial charge in [-0.3, -0.25) is 4.79 Å². The van der Waals surface area contributed by atoms with Crippen LogP contribution in [0.25, 0.3) is 0 Å². The van der Waals surface area contributed by atoms with E-state index in [1.807, 2.05) is 11.8 Å². The largest absolute Gasteiger partial charge is 0.309 e. The fraction of sp³-hybridized carbons (Fsp3) is 0.692. The number of halogens is 1. The first-order valence-electron chi connectivity index (χ1n) is 6.58. The lowest BCUT2D eigenvalue weighted by Crippen LogP contribution is -2.16. The Bertz CT molecular complexity index is 455. The molecular formula is C13H19BrN2OS. The summed E-state index contributed by atoms with van der Waals surface area (Å²) in [5, 5.41) is 0. The molecule has 1 fully saturated rings. The molecule has 1 aromatic heterocycles. The molecule has 5 heteroatoms. The van der Waals surface area contributed by atoms with Gasteiger partial charge in [-0.05, 0) is 40.9 Å². The van der Waals surface area contributed by atoms with Crippen molar-refractivity contribution < 1.29 is 0 Å². The van der Waals surface area contributed by atoms with Gasteiger partial charge in [-0.25, -0.2) is 4.98 Å². The van der Waals surface area contributed by atoms with Crippen molar-refractivity contribution in [3.63, 3.8) is 0 Å². The van der Waals surface area contributed by atoms with Crippen LogP contribution in [0.1, 0.15) is 56.5 Å². The minimum Gasteiger partial charge on any atom is -0.309 e. The van der Waals surface area contributed by atoms with E-state index in [1.54, 1.807) is 0 Å². The molecule has 0 unspecified atom stereocenters. The van der Waals surface area contributed by atoms with Crippen LogP contribution in [0, 0.1) is 0 Å². The molecule has 0 aliphatic heterocycles. The highest BCUT2D eigenvalue weighted by Gasteiger charge is 2.22. The molecule has 0 bridgehead atoms. The summed E-state index contributed by atoms with van der Waals surface area (Å²) in [6, 6.07) is 0. The van der Waals surface area contributed by atoms with E-state index in [2.05, 4.69) is 32.8 Å². The van der Waals surface area contributed by atoms with Crippen LogP contribution in [0.3, 0.4) is 0 Å². The van der Waals surface area contributed by atoms with Gasteiger partial charge in [0.15, 0.2) is 0 Å². The Morgan fingerprint density at radius 2 is 2.17 bits per heavy atom. The molecule has 0 spiro atoms. The number of hydrogen-bond acceptors (Lipinski definition) is 3. The van der Waals surface area contributed by atoms with Crippen LogP contribution < -0.4 is 5.56 Å². The number of hydrogen-bond donors (Lipinski definition) is 1. The molecule has 1 saturated carbocycles. The number of aromatic nitrogens is 2. The van der Waals surface area contributed by atoms with Crippen LogP contribution >= 0.6 is 27.7 Å². The lowest BCUT2D eigenvalue weighted by Gasteiger charge is -2.11. The Kier molecular flexibility index (Phi) is 5.30. The zero-order valence-corrected chi connectivity index (χ0v) is 13.1. The maximum atomic E-state index is 11.9. The highest BCUT2D eigenvalue weighted by Crippen LogP contribution is 2.35. The molecule has 1 N–H and O–H groups in total. The summed E-state index contributed by atoms with van der Waals surface area (Å²) < 4.78 is 0.638. The van der Waals surface area contributed by atoms with E-state index in [0.29, 0.717) is 10.4 Å². The molecule has 2 rings (SSSR count). The molecule has 1 aromatic rings. The van der Waals surface area contributed by atoms with E-state index in [1.165, 1.54) is 12.8 Å². The molecule has 100 valence electrons. The van der Waals surface area contributed by atoms with Gasteiger partial charge < -0.3 is 4.98 Å². The summed E-state index contributed by atoms with van der Waals surface area (Å²) in [5.74, 6) is 3.20. The summed E-state index contributed by atoms with van der Waals surface area (Å²) in [6.45, 7) is 2.16. The molecule has 3 nitrogen and oxygen atoms in total. The Balaban J connectivity index is 2.19. The van der Waals surface area contributed by atoms with E-state index >= 15 is 0 Å². The number of rotatable bonds is 5. The van der Waals surface area contributed by atoms with E-state index in [-0.39, 0.29) is 5.56 Å². The van der Waals surface area contributed by atoms with Gasteiger partial charge in [0, 0.05) is 5.92 Å². The lowest BCUT2D eigenvalue weighted by atomic mass is 10.0. The van der Waals surface area contributed by atoms with Crippen molar-refractivity contribution in [1.29, 1.82) is 0 Å². The normalized spacial score (nSPS) is 16.3. The topological polar surface area (TPSA) is 45.8 Å². The van der Waals surface area contributed by atoms with Crippen LogP contribution in [-0.2, 0) is 5.75 Å². The highest BCUT2D eigenvalue weighted by molar-refractivity contribution is 9.10. The van der Waals surface area contributed by atoms with Gasteiger partial charge in [-0.2, -0.15) is 11.8 Å². The lowest BCUT2D eigenvalue weighted by molar-refractivity contribution is 0.680. The van der Waals surface area contributed by atoms with Crippen molar-refractivity contribution in [2.75, 3.05) is 5.75 Å². The third-order valence-electron chi connectivity index (χ3n) is 3.27. The Morgan fingerprint density at radius 1 is 1.44 bits per heavy atom. The third-order valence-corrected chi connectivity index (χ3v) is 5.21. The van der Waals surface area contributed by atoms with Gasteiger partial charge in [-0.15, -0.1) is 0 Å². The van der Waals surface area contributed by atoms with E-state index in [4.69, 9.17) is 0 Å². The van der Waals surface area contributed by atoms with E-state index < -0.39 is 0 Å². The molecule has 0 atom stereocenters. The first kappa shape index (κ1) is 14.1. The van der Waals surface area contributed by atoms with Gasteiger partial charge in [0.05, 0.1) is 11.4 Å². The minimum absolute atomic E-state index is 0.0287. The predicted molar refractivity (Wildman–Crippen MR) is 80.2 cm³/mol. The SMILES string of the molecule is CCCSCc1nc(C2CCCC2)c(Br)c(=O)[nH]1. The van der Waals surface area contributed by atoms with Crippen molar-refractivity contribution in [1.82, 2.24) is 9.97 Å². The van der Waals surface area contributed by atoms with Gasteiger partial charge >= 0.3 is 0 Å². The average Bonchev–Trinajstić information content (AvgIpc) is 2.87. The van der Waals surface area contributed by atoms with Crippen molar-refractivity contribution in [3.8, 4) is 0 Å². The highest BCUT2D eigenvalue weighted by atomic mass is 79.9. The number of nitrogens with one attached hydrogen (secondary N) is 1. The van der Waals surface area contributed by atoms with Gasteiger partial charge in [0.25, 0.3) is 5.56 Å². The molecule has 0 saturated heterocycles. The Hall–Kier alpha value is -0.290. The minimum atomic E-state index is -0.0287. The molecule has 18 heavy (non-hydrogen) atoms. The molecule has 1 heterocycles. The fourth-order valence-electron chi connectivity index (χ4n) is 2.38. The maximum absolute atomic E-state index is 11.9. The maximum Gasteiger partial charge on any atom is 0.265 e. The monoisotopic (exact) mass is 330 g/mol. The van der Waals surface area contributed by atoms with Crippen molar-refractivity contribution in [2.24, 2.45) is 0 Å². The predicted octanol–water partition coefficient (Wildman–Crippen LogP) is 3.83. The zero-order valence-electron chi connectivity index (χ0n) is 10.7. The van der Waals surface area contributed by atoms with Crippen LogP contribution in [0.5, 0.6) is 0 Å². The number of nitrogens with zero attached hydrogens (tertiary/aromatic N) is 1. The number of aromatic amines is 1. The summed E-state index contributed by atoms with van der Waals surface area (Å²) in [6.07, 6.45) is 5.99. The first-order chi connectivity index (χ1) is 8.72. The molecule has 0 aromatic carbocycles. The second kappa shape index (κ2) is 6.75. The van der Waals surface area contributed by atoms with Crippen LogP contribution in [-0.4, -0.2) is 15.7 Å². The van der Waals surface area contributed by atoms with E-state index in [9.17, 15) is 4.79 Å². The smallest absolute Gasteiger partial charge is 0.265 e. The number of thioether (sulfide) groups is 1. The van der Waals surface area contributed by atoms with Crippen molar-refractivity contribution in [2.45, 2.75) is 50.7 Å². The molecule has 1 aliphatic rings. The Morgan fingerprint density at radius 3 is 2.83 bits per heavy atom. The fourth-order valence-corrected chi connectivity index (χ4v) is 3.65. The van der Waals surface area contributed by atoms with Gasteiger partial charge in [0.1, 0.15) is 10.3 Å². The van der Waals surface area contributed by atoms with Crippen molar-refractivity contribution >= 4 is 27.7 Å². The average molecular weight is 331 g/mol. The van der Waals surface area contributed by atoms with Gasteiger partial charge in [0.2, 0.25) is 0 Å². The molecule has 1 aliphatic carbocycles. The van der Waals surface area contributed by atoms with Crippen LogP contribution in [0.15, 0.2) is 9.27 Å². The summed E-state index contributed by atoms with van der Waals surface area (Å²) >= 11 is 5.22. The van der Waals surface area contributed by atoms with E-state index in [0.717, 1.165) is 42.3 Å². The zero-order chi connectivity index (χ0) is 13.0. The summed E-state index contributed by atoms with van der Waals surface area (Å²) in [5.41, 5.74) is 0.947. The summed E-state index contributed by atoms with van der Waals surface area (Å²) in [7, 11) is 0. The second-order valence-corrected chi connectivity index (χ2v) is 6.64. The molecule has 0 radical (unpaired) electrons. The number of H-pyrrole nitrogens is 1. The second-order valence-electron chi connectivity index (χ2n) is 4.75. The van der Waals surface area contributed by atoms with Gasteiger partial charge in [-0.1, -0.05) is 19.8 Å². The third kappa shape index (κ3) is 3.38. The Labute approximate surface area is 120 Å². The molecular weight excluding hydrogens is 312 g/mol. The molecule has 0 amide bonds. The quantitative estimate of drug-likeness (QED) is 0.834. The first-order valence-corrected chi connectivity index (χ1v) is 8.53.